The molecule has 3 aromatic rings. The predicted octanol–water partition coefficient (Wildman–Crippen LogP) is 2.75. The Kier molecular flexibility index (Phi) is 5.25. The fourth-order valence-corrected chi connectivity index (χ4v) is 3.47. The van der Waals surface area contributed by atoms with Crippen LogP contribution in [0.4, 0.5) is 5.69 Å². The molecule has 0 bridgehead atoms. The number of hydrogen-bond donors (Lipinski definition) is 2. The zero-order chi connectivity index (χ0) is 18.7. The Morgan fingerprint density at radius 3 is 2.85 bits per heavy atom. The lowest BCUT2D eigenvalue weighted by Gasteiger charge is -2.08. The summed E-state index contributed by atoms with van der Waals surface area (Å²) >= 11 is 7.50. The van der Waals surface area contributed by atoms with Crippen molar-refractivity contribution >= 4 is 44.6 Å². The number of halogens is 1. The molecule has 0 saturated heterocycles. The highest BCUT2D eigenvalue weighted by molar-refractivity contribution is 7.92. The van der Waals surface area contributed by atoms with E-state index in [1.54, 1.807) is 0 Å². The van der Waals surface area contributed by atoms with Gasteiger partial charge in [0.15, 0.2) is 0 Å². The van der Waals surface area contributed by atoms with Crippen LogP contribution in [-0.2, 0) is 16.6 Å². The van der Waals surface area contributed by atoms with Gasteiger partial charge in [0.1, 0.15) is 0 Å². The number of sulfonamides is 1. The molecule has 0 aliphatic heterocycles. The number of carbonyl (C=O) groups is 1. The van der Waals surface area contributed by atoms with Crippen LogP contribution in [0.2, 0.25) is 5.02 Å². The molecule has 2 N–H and O–H groups in total. The van der Waals surface area contributed by atoms with E-state index in [4.69, 9.17) is 16.1 Å². The van der Waals surface area contributed by atoms with Gasteiger partial charge in [-0.25, -0.2) is 8.42 Å². The first-order valence-corrected chi connectivity index (χ1v) is 10.4. The number of nitrogens with one attached hydrogen (secondary N) is 2. The van der Waals surface area contributed by atoms with E-state index in [1.807, 2.05) is 17.5 Å². The fraction of sp³-hybridized carbons (Fsp3) is 0.133. The smallest absolute Gasteiger partial charge is 0.253 e. The molecule has 2 aromatic heterocycles. The van der Waals surface area contributed by atoms with E-state index in [2.05, 4.69) is 20.2 Å². The van der Waals surface area contributed by atoms with Gasteiger partial charge in [-0.15, -0.1) is 11.3 Å². The van der Waals surface area contributed by atoms with Gasteiger partial charge in [-0.05, 0) is 29.6 Å². The summed E-state index contributed by atoms with van der Waals surface area (Å²) in [6.45, 7) is 0.0112. The predicted molar refractivity (Wildman–Crippen MR) is 98.7 cm³/mol. The molecular weight excluding hydrogens is 400 g/mol. The van der Waals surface area contributed by atoms with Gasteiger partial charge in [-0.3, -0.25) is 9.52 Å². The van der Waals surface area contributed by atoms with E-state index in [0.29, 0.717) is 5.82 Å². The SMILES string of the molecule is CS(=O)(=O)Nc1ccc(Cl)c(C(=O)NCc2nc(-c3cccs3)no2)c1. The highest BCUT2D eigenvalue weighted by Gasteiger charge is 2.15. The summed E-state index contributed by atoms with van der Waals surface area (Å²) < 4.78 is 30.0. The maximum Gasteiger partial charge on any atom is 0.253 e. The molecule has 0 atom stereocenters. The summed E-state index contributed by atoms with van der Waals surface area (Å²) in [6, 6.07) is 7.98. The van der Waals surface area contributed by atoms with E-state index in [-0.39, 0.29) is 28.7 Å². The molecule has 26 heavy (non-hydrogen) atoms. The first kappa shape index (κ1) is 18.4. The molecule has 136 valence electrons. The van der Waals surface area contributed by atoms with Crippen LogP contribution in [0, 0.1) is 0 Å². The molecule has 0 aliphatic carbocycles. The Morgan fingerprint density at radius 1 is 1.35 bits per heavy atom. The molecule has 0 spiro atoms. The van der Waals surface area contributed by atoms with Crippen LogP contribution in [0.1, 0.15) is 16.2 Å². The van der Waals surface area contributed by atoms with E-state index in [0.717, 1.165) is 11.1 Å². The lowest BCUT2D eigenvalue weighted by Crippen LogP contribution is -2.23. The Labute approximate surface area is 158 Å². The van der Waals surface area contributed by atoms with Crippen LogP contribution in [0.15, 0.2) is 40.2 Å². The minimum Gasteiger partial charge on any atom is -0.343 e. The van der Waals surface area contributed by atoms with Crippen LogP contribution in [0.25, 0.3) is 10.7 Å². The molecule has 1 aromatic carbocycles. The molecule has 8 nitrogen and oxygen atoms in total. The second-order valence-corrected chi connectivity index (χ2v) is 8.34. The van der Waals surface area contributed by atoms with Crippen molar-refractivity contribution in [2.45, 2.75) is 6.54 Å². The second kappa shape index (κ2) is 7.44. The van der Waals surface area contributed by atoms with E-state index >= 15 is 0 Å². The summed E-state index contributed by atoms with van der Waals surface area (Å²) in [4.78, 5) is 17.4. The minimum absolute atomic E-state index is 0.0112. The normalized spacial score (nSPS) is 11.3. The fourth-order valence-electron chi connectivity index (χ4n) is 2.06. The topological polar surface area (TPSA) is 114 Å². The number of carbonyl (C=O) groups excluding carboxylic acids is 1. The largest absolute Gasteiger partial charge is 0.343 e. The molecule has 0 fully saturated rings. The Balaban J connectivity index is 1.69. The Hall–Kier alpha value is -2.43. The third-order valence-electron chi connectivity index (χ3n) is 3.12. The quantitative estimate of drug-likeness (QED) is 0.643. The first-order chi connectivity index (χ1) is 12.3. The minimum atomic E-state index is -3.46. The highest BCUT2D eigenvalue weighted by atomic mass is 35.5. The maximum absolute atomic E-state index is 12.3. The summed E-state index contributed by atoms with van der Waals surface area (Å²) in [5.74, 6) is 0.188. The van der Waals surface area contributed by atoms with E-state index < -0.39 is 15.9 Å². The van der Waals surface area contributed by atoms with Gasteiger partial charge < -0.3 is 9.84 Å². The van der Waals surface area contributed by atoms with Crippen molar-refractivity contribution in [3.63, 3.8) is 0 Å². The van der Waals surface area contributed by atoms with Gasteiger partial charge in [0, 0.05) is 5.69 Å². The third kappa shape index (κ3) is 4.59. The van der Waals surface area contributed by atoms with Crippen LogP contribution in [0.5, 0.6) is 0 Å². The number of amides is 1. The summed E-state index contributed by atoms with van der Waals surface area (Å²) in [6.07, 6.45) is 1.02. The highest BCUT2D eigenvalue weighted by Crippen LogP contribution is 2.22. The van der Waals surface area contributed by atoms with Crippen LogP contribution >= 0.6 is 22.9 Å². The zero-order valence-corrected chi connectivity index (χ0v) is 15.8. The van der Waals surface area contributed by atoms with Crippen molar-refractivity contribution in [1.29, 1.82) is 0 Å². The van der Waals surface area contributed by atoms with Crippen LogP contribution in [-0.4, -0.2) is 30.7 Å². The molecule has 3 rings (SSSR count). The molecule has 0 aliphatic rings. The van der Waals surface area contributed by atoms with Gasteiger partial charge in [0.2, 0.25) is 21.7 Å². The van der Waals surface area contributed by atoms with Crippen molar-refractivity contribution in [2.24, 2.45) is 0 Å². The molecule has 1 amide bonds. The van der Waals surface area contributed by atoms with Gasteiger partial charge in [-0.1, -0.05) is 22.8 Å². The number of benzene rings is 1. The number of rotatable bonds is 6. The summed E-state index contributed by atoms with van der Waals surface area (Å²) in [5, 5.41) is 8.54. The van der Waals surface area contributed by atoms with Crippen molar-refractivity contribution in [2.75, 3.05) is 11.0 Å². The van der Waals surface area contributed by atoms with Gasteiger partial charge in [0.25, 0.3) is 5.91 Å². The molecule has 0 unspecified atom stereocenters. The van der Waals surface area contributed by atoms with Gasteiger partial charge in [-0.2, -0.15) is 4.98 Å². The van der Waals surface area contributed by atoms with Crippen LogP contribution in [0.3, 0.4) is 0 Å². The second-order valence-electron chi connectivity index (χ2n) is 5.24. The van der Waals surface area contributed by atoms with E-state index in [9.17, 15) is 13.2 Å². The number of nitrogens with zero attached hydrogens (tertiary/aromatic N) is 2. The average Bonchev–Trinajstić information content (AvgIpc) is 3.24. The zero-order valence-electron chi connectivity index (χ0n) is 13.4. The monoisotopic (exact) mass is 412 g/mol. The number of hydrogen-bond acceptors (Lipinski definition) is 7. The Morgan fingerprint density at radius 2 is 2.15 bits per heavy atom. The molecule has 0 saturated carbocycles. The maximum atomic E-state index is 12.3. The van der Waals surface area contributed by atoms with Crippen molar-refractivity contribution < 1.29 is 17.7 Å². The van der Waals surface area contributed by atoms with Gasteiger partial charge in [0.05, 0.1) is 28.3 Å². The molecule has 11 heteroatoms. The Bertz CT molecular complexity index is 1030. The van der Waals surface area contributed by atoms with Crippen molar-refractivity contribution in [1.82, 2.24) is 15.5 Å². The lowest BCUT2D eigenvalue weighted by atomic mass is 10.2. The third-order valence-corrected chi connectivity index (χ3v) is 4.93. The average molecular weight is 413 g/mol. The van der Waals surface area contributed by atoms with Crippen molar-refractivity contribution in [3.05, 3.63) is 52.2 Å². The number of anilines is 1. The molecule has 0 radical (unpaired) electrons. The molecular formula is C15H13ClN4O4S2. The lowest BCUT2D eigenvalue weighted by molar-refractivity contribution is 0.0946. The van der Waals surface area contributed by atoms with E-state index in [1.165, 1.54) is 29.5 Å². The molecule has 2 heterocycles. The first-order valence-electron chi connectivity index (χ1n) is 7.24. The summed E-state index contributed by atoms with van der Waals surface area (Å²) in [7, 11) is -3.46. The number of thiophene rings is 1. The standard InChI is InChI=1S/C15H13ClN4O4S2/c1-26(22,23)20-9-4-5-11(16)10(7-9)15(21)17-8-13-18-14(19-24-13)12-3-2-6-25-12/h2-7,20H,8H2,1H3,(H,17,21). The summed E-state index contributed by atoms with van der Waals surface area (Å²) in [5.41, 5.74) is 0.359. The van der Waals surface area contributed by atoms with Gasteiger partial charge >= 0.3 is 0 Å². The van der Waals surface area contributed by atoms with Crippen LogP contribution < -0.4 is 10.0 Å². The number of aromatic nitrogens is 2. The van der Waals surface area contributed by atoms with Crippen molar-refractivity contribution in [3.8, 4) is 10.7 Å².